The summed E-state index contributed by atoms with van der Waals surface area (Å²) in [7, 11) is 1.98. The van der Waals surface area contributed by atoms with Gasteiger partial charge in [0.15, 0.2) is 0 Å². The molecule has 90 valence electrons. The van der Waals surface area contributed by atoms with Crippen molar-refractivity contribution in [3.8, 4) is 0 Å². The number of likely N-dealkylation sites (N-methyl/N-ethyl adjacent to an activating group) is 1. The number of hydrogen-bond acceptors (Lipinski definition) is 4. The van der Waals surface area contributed by atoms with Crippen LogP contribution in [0.1, 0.15) is 0 Å². The monoisotopic (exact) mass is 248 g/mol. The van der Waals surface area contributed by atoms with Crippen LogP contribution in [-0.4, -0.2) is 25.3 Å². The molecule has 0 aliphatic rings. The van der Waals surface area contributed by atoms with Gasteiger partial charge in [0.25, 0.3) is 0 Å². The minimum absolute atomic E-state index is 0.151. The standard InChI is InChI=1S/C13H16N2OS/c1-15(8-9-16)12-6-2-5-11-10(12)4-3-7-13(11)17-14/h2-7,16H,8-9,14H2,1H3. The van der Waals surface area contributed by atoms with Crippen molar-refractivity contribution < 1.29 is 5.11 Å². The third-order valence-electron chi connectivity index (χ3n) is 2.83. The third kappa shape index (κ3) is 2.39. The minimum Gasteiger partial charge on any atom is -0.395 e. The lowest BCUT2D eigenvalue weighted by atomic mass is 10.1. The maximum absolute atomic E-state index is 9.01. The molecule has 4 heteroatoms. The summed E-state index contributed by atoms with van der Waals surface area (Å²) in [5.41, 5.74) is 1.12. The lowest BCUT2D eigenvalue weighted by Crippen LogP contribution is -2.21. The van der Waals surface area contributed by atoms with Crippen molar-refractivity contribution in [1.82, 2.24) is 0 Å². The average Bonchev–Trinajstić information content (AvgIpc) is 2.37. The predicted octanol–water partition coefficient (Wildman–Crippen LogP) is 2.23. The Hall–Kier alpha value is -1.23. The summed E-state index contributed by atoms with van der Waals surface area (Å²) in [6.45, 7) is 0.775. The molecule has 0 saturated carbocycles. The van der Waals surface area contributed by atoms with E-state index in [2.05, 4.69) is 18.2 Å². The van der Waals surface area contributed by atoms with Gasteiger partial charge in [0.1, 0.15) is 0 Å². The first-order chi connectivity index (χ1) is 8.27. The maximum atomic E-state index is 9.01. The molecule has 0 fully saturated rings. The fourth-order valence-corrected chi connectivity index (χ4v) is 2.43. The van der Waals surface area contributed by atoms with E-state index < -0.39 is 0 Å². The van der Waals surface area contributed by atoms with E-state index in [1.807, 2.05) is 30.1 Å². The lowest BCUT2D eigenvalue weighted by Gasteiger charge is -2.20. The molecule has 0 spiro atoms. The number of aliphatic hydroxyl groups is 1. The maximum Gasteiger partial charge on any atom is 0.0606 e. The number of nitrogens with two attached hydrogens (primary N) is 1. The highest BCUT2D eigenvalue weighted by Crippen LogP contribution is 2.31. The molecule has 0 aliphatic heterocycles. The van der Waals surface area contributed by atoms with Gasteiger partial charge in [-0.1, -0.05) is 24.3 Å². The molecule has 3 N–H and O–H groups in total. The number of hydrogen-bond donors (Lipinski definition) is 2. The molecule has 3 nitrogen and oxygen atoms in total. The highest BCUT2D eigenvalue weighted by atomic mass is 32.2. The van der Waals surface area contributed by atoms with Gasteiger partial charge in [-0.05, 0) is 29.5 Å². The number of aliphatic hydroxyl groups excluding tert-OH is 1. The Kier molecular flexibility index (Phi) is 3.89. The van der Waals surface area contributed by atoms with Crippen molar-refractivity contribution in [3.63, 3.8) is 0 Å². The summed E-state index contributed by atoms with van der Waals surface area (Å²) in [5.74, 6) is 0. The van der Waals surface area contributed by atoms with Crippen LogP contribution in [0, 0.1) is 0 Å². The van der Waals surface area contributed by atoms with Crippen LogP contribution in [0.15, 0.2) is 41.3 Å². The number of anilines is 1. The Morgan fingerprint density at radius 3 is 2.59 bits per heavy atom. The molecular formula is C13H16N2OS. The second-order valence-corrected chi connectivity index (χ2v) is 4.57. The van der Waals surface area contributed by atoms with Crippen LogP contribution in [-0.2, 0) is 0 Å². The van der Waals surface area contributed by atoms with Crippen molar-refractivity contribution in [2.45, 2.75) is 4.90 Å². The molecule has 0 bridgehead atoms. The van der Waals surface area contributed by atoms with Crippen LogP contribution in [0.25, 0.3) is 10.8 Å². The highest BCUT2D eigenvalue weighted by molar-refractivity contribution is 7.97. The molecule has 0 amide bonds. The Morgan fingerprint density at radius 1 is 1.18 bits per heavy atom. The summed E-state index contributed by atoms with van der Waals surface area (Å²) in [6.07, 6.45) is 0. The first-order valence-electron chi connectivity index (χ1n) is 5.48. The molecule has 0 aliphatic carbocycles. The van der Waals surface area contributed by atoms with E-state index in [-0.39, 0.29) is 6.61 Å². The number of rotatable bonds is 4. The zero-order valence-electron chi connectivity index (χ0n) is 9.76. The van der Waals surface area contributed by atoms with Crippen LogP contribution >= 0.6 is 11.9 Å². The van der Waals surface area contributed by atoms with Crippen LogP contribution in [0.5, 0.6) is 0 Å². The quantitative estimate of drug-likeness (QED) is 0.815. The first-order valence-corrected chi connectivity index (χ1v) is 6.36. The topological polar surface area (TPSA) is 49.5 Å². The molecule has 17 heavy (non-hydrogen) atoms. The van der Waals surface area contributed by atoms with E-state index >= 15 is 0 Å². The summed E-state index contributed by atoms with van der Waals surface area (Å²) >= 11 is 1.26. The molecule has 0 radical (unpaired) electrons. The summed E-state index contributed by atoms with van der Waals surface area (Å²) in [5, 5.41) is 17.0. The average molecular weight is 248 g/mol. The van der Waals surface area contributed by atoms with Crippen LogP contribution in [0.4, 0.5) is 5.69 Å². The van der Waals surface area contributed by atoms with Gasteiger partial charge in [-0.25, -0.2) is 0 Å². The van der Waals surface area contributed by atoms with E-state index in [0.29, 0.717) is 6.54 Å². The molecule has 0 saturated heterocycles. The van der Waals surface area contributed by atoms with Crippen molar-refractivity contribution in [1.29, 1.82) is 0 Å². The van der Waals surface area contributed by atoms with E-state index in [9.17, 15) is 0 Å². The molecule has 0 heterocycles. The zero-order chi connectivity index (χ0) is 12.3. The van der Waals surface area contributed by atoms with Gasteiger partial charge in [-0.15, -0.1) is 0 Å². The lowest BCUT2D eigenvalue weighted by molar-refractivity contribution is 0.304. The Bertz CT molecular complexity index is 516. The zero-order valence-corrected chi connectivity index (χ0v) is 10.6. The molecule has 0 aromatic heterocycles. The normalized spacial score (nSPS) is 10.8. The molecule has 0 atom stereocenters. The van der Waals surface area contributed by atoms with Crippen molar-refractivity contribution >= 4 is 28.4 Å². The molecule has 2 rings (SSSR count). The Morgan fingerprint density at radius 2 is 1.88 bits per heavy atom. The fourth-order valence-electron chi connectivity index (χ4n) is 1.97. The van der Waals surface area contributed by atoms with E-state index in [1.54, 1.807) is 0 Å². The van der Waals surface area contributed by atoms with Gasteiger partial charge in [-0.3, -0.25) is 5.14 Å². The Balaban J connectivity index is 2.57. The van der Waals surface area contributed by atoms with Gasteiger partial charge in [-0.2, -0.15) is 0 Å². The van der Waals surface area contributed by atoms with Crippen LogP contribution in [0.2, 0.25) is 0 Å². The van der Waals surface area contributed by atoms with Gasteiger partial charge in [0, 0.05) is 29.6 Å². The fraction of sp³-hybridized carbons (Fsp3) is 0.231. The molecular weight excluding hydrogens is 232 g/mol. The van der Waals surface area contributed by atoms with Gasteiger partial charge in [0.2, 0.25) is 0 Å². The summed E-state index contributed by atoms with van der Waals surface area (Å²) in [4.78, 5) is 3.12. The number of nitrogens with zero attached hydrogens (tertiary/aromatic N) is 1. The number of benzene rings is 2. The van der Waals surface area contributed by atoms with E-state index in [1.165, 1.54) is 17.3 Å². The third-order valence-corrected chi connectivity index (χ3v) is 3.44. The molecule has 2 aromatic carbocycles. The van der Waals surface area contributed by atoms with Gasteiger partial charge < -0.3 is 10.0 Å². The van der Waals surface area contributed by atoms with Crippen LogP contribution in [0.3, 0.4) is 0 Å². The largest absolute Gasteiger partial charge is 0.395 e. The molecule has 0 unspecified atom stereocenters. The molecule has 2 aromatic rings. The van der Waals surface area contributed by atoms with Crippen molar-refractivity contribution in [2.75, 3.05) is 25.1 Å². The summed E-state index contributed by atoms with van der Waals surface area (Å²) < 4.78 is 0. The van der Waals surface area contributed by atoms with Crippen molar-refractivity contribution in [3.05, 3.63) is 36.4 Å². The predicted molar refractivity (Wildman–Crippen MR) is 74.3 cm³/mol. The Labute approximate surface area is 105 Å². The summed E-state index contributed by atoms with van der Waals surface area (Å²) in [6, 6.07) is 12.3. The highest BCUT2D eigenvalue weighted by Gasteiger charge is 2.07. The smallest absolute Gasteiger partial charge is 0.0606 e. The second kappa shape index (κ2) is 5.40. The van der Waals surface area contributed by atoms with Crippen molar-refractivity contribution in [2.24, 2.45) is 5.14 Å². The van der Waals surface area contributed by atoms with Crippen LogP contribution < -0.4 is 10.0 Å². The van der Waals surface area contributed by atoms with Gasteiger partial charge in [0.05, 0.1) is 6.61 Å². The SMILES string of the molecule is CN(CCO)c1cccc2c(SN)cccc12. The number of fused-ring (bicyclic) bond motifs is 1. The van der Waals surface area contributed by atoms with E-state index in [4.69, 9.17) is 10.2 Å². The van der Waals surface area contributed by atoms with Gasteiger partial charge >= 0.3 is 0 Å². The second-order valence-electron chi connectivity index (χ2n) is 3.89. The first kappa shape index (κ1) is 12.2. The van der Waals surface area contributed by atoms with E-state index in [0.717, 1.165) is 16.0 Å². The minimum atomic E-state index is 0.151.